The lowest BCUT2D eigenvalue weighted by Crippen LogP contribution is -2.19. The molecule has 0 saturated heterocycles. The van der Waals surface area contributed by atoms with Crippen molar-refractivity contribution in [1.29, 1.82) is 0 Å². The summed E-state index contributed by atoms with van der Waals surface area (Å²) >= 11 is 0. The highest BCUT2D eigenvalue weighted by molar-refractivity contribution is 7.92. The number of fused-ring (bicyclic) bond motifs is 1. The Balaban J connectivity index is 1.48. The minimum atomic E-state index is -3.97. The van der Waals surface area contributed by atoms with Gasteiger partial charge in [-0.1, -0.05) is 19.8 Å². The average molecular weight is 526 g/mol. The highest BCUT2D eigenvalue weighted by Crippen LogP contribution is 2.33. The van der Waals surface area contributed by atoms with Crippen LogP contribution in [-0.4, -0.2) is 39.9 Å². The molecule has 37 heavy (non-hydrogen) atoms. The third kappa shape index (κ3) is 4.95. The van der Waals surface area contributed by atoms with Gasteiger partial charge in [-0.05, 0) is 37.5 Å². The van der Waals surface area contributed by atoms with Crippen LogP contribution in [-0.2, 0) is 10.0 Å². The smallest absolute Gasteiger partial charge is 0.232 e. The lowest BCUT2D eigenvalue weighted by molar-refractivity contribution is 0.103. The predicted molar refractivity (Wildman–Crippen MR) is 136 cm³/mol. The number of hydrogen-bond donors (Lipinski definition) is 2. The molecule has 3 heterocycles. The summed E-state index contributed by atoms with van der Waals surface area (Å²) in [6.07, 6.45) is 11.3. The molecule has 0 spiro atoms. The molecule has 0 aliphatic heterocycles. The van der Waals surface area contributed by atoms with Crippen molar-refractivity contribution >= 4 is 32.5 Å². The number of aromatic amines is 1. The third-order valence-electron chi connectivity index (χ3n) is 6.57. The van der Waals surface area contributed by atoms with Crippen LogP contribution in [0.25, 0.3) is 22.2 Å². The maximum absolute atomic E-state index is 15.2. The normalized spacial score (nSPS) is 14.4. The maximum Gasteiger partial charge on any atom is 0.232 e. The highest BCUT2D eigenvalue weighted by atomic mass is 32.2. The minimum Gasteiger partial charge on any atom is -0.345 e. The van der Waals surface area contributed by atoms with Crippen molar-refractivity contribution in [1.82, 2.24) is 19.9 Å². The third-order valence-corrected chi connectivity index (χ3v) is 8.03. The van der Waals surface area contributed by atoms with Gasteiger partial charge < -0.3 is 4.98 Å². The predicted octanol–water partition coefficient (Wildman–Crippen LogP) is 5.34. The molecule has 0 bridgehead atoms. The number of aromatic nitrogens is 4. The summed E-state index contributed by atoms with van der Waals surface area (Å²) in [6, 6.07) is 3.59. The van der Waals surface area contributed by atoms with Gasteiger partial charge in [0.2, 0.25) is 10.0 Å². The standard InChI is InChI=1S/C26H25F2N5O3S/c1-2-9-37(35,36)33-23-21(27)8-7-18(22(23)28)24(34)20-14-32-26-19(20)10-16(11-31-26)17-12-29-25(30-13-17)15-5-3-4-6-15/h7-8,10-15,33H,2-6,9H2,1H3,(H,31,32). The topological polar surface area (TPSA) is 118 Å². The zero-order chi connectivity index (χ0) is 26.2. The number of pyridine rings is 1. The SMILES string of the molecule is CCCS(=O)(=O)Nc1c(F)ccc(C(=O)c2c[nH]c3ncc(-c4cnc(C5CCCC5)nc4)cc23)c1F. The molecule has 0 unspecified atom stereocenters. The summed E-state index contributed by atoms with van der Waals surface area (Å²) in [5.74, 6) is -2.25. The van der Waals surface area contributed by atoms with Gasteiger partial charge in [0.15, 0.2) is 11.6 Å². The van der Waals surface area contributed by atoms with Crippen molar-refractivity contribution in [2.24, 2.45) is 0 Å². The summed E-state index contributed by atoms with van der Waals surface area (Å²) in [5, 5.41) is 0.430. The van der Waals surface area contributed by atoms with E-state index in [4.69, 9.17) is 0 Å². The summed E-state index contributed by atoms with van der Waals surface area (Å²) < 4.78 is 55.7. The molecule has 8 nitrogen and oxygen atoms in total. The second-order valence-corrected chi connectivity index (χ2v) is 11.0. The van der Waals surface area contributed by atoms with E-state index >= 15 is 4.39 Å². The van der Waals surface area contributed by atoms with Gasteiger partial charge in [0, 0.05) is 52.8 Å². The Bertz CT molecular complexity index is 1580. The van der Waals surface area contributed by atoms with Crippen molar-refractivity contribution in [3.8, 4) is 11.1 Å². The largest absolute Gasteiger partial charge is 0.345 e. The molecule has 1 aliphatic rings. The number of nitrogens with one attached hydrogen (secondary N) is 2. The molecule has 1 saturated carbocycles. The number of carbonyl (C=O) groups excluding carboxylic acids is 1. The zero-order valence-corrected chi connectivity index (χ0v) is 20.9. The fraction of sp³-hybridized carbons (Fsp3) is 0.308. The van der Waals surface area contributed by atoms with Gasteiger partial charge in [-0.2, -0.15) is 0 Å². The van der Waals surface area contributed by atoms with Crippen LogP contribution in [0.1, 0.15) is 66.7 Å². The van der Waals surface area contributed by atoms with Crippen LogP contribution in [0.3, 0.4) is 0 Å². The van der Waals surface area contributed by atoms with Crippen LogP contribution in [0, 0.1) is 11.6 Å². The monoisotopic (exact) mass is 525 g/mol. The van der Waals surface area contributed by atoms with E-state index in [1.165, 1.54) is 19.0 Å². The second kappa shape index (κ2) is 9.97. The number of carbonyl (C=O) groups is 1. The van der Waals surface area contributed by atoms with Crippen molar-refractivity contribution in [2.75, 3.05) is 10.5 Å². The molecule has 0 amide bonds. The average Bonchev–Trinajstić information content (AvgIpc) is 3.56. The Labute approximate surface area is 212 Å². The molecule has 5 rings (SSSR count). The molecule has 1 fully saturated rings. The number of halogens is 2. The zero-order valence-electron chi connectivity index (χ0n) is 20.1. The van der Waals surface area contributed by atoms with Crippen molar-refractivity contribution in [3.63, 3.8) is 0 Å². The van der Waals surface area contributed by atoms with Gasteiger partial charge in [0.05, 0.1) is 11.3 Å². The molecule has 1 aliphatic carbocycles. The number of benzene rings is 1. The first-order valence-corrected chi connectivity index (χ1v) is 13.7. The molecule has 4 aromatic rings. The van der Waals surface area contributed by atoms with Gasteiger partial charge in [0.1, 0.15) is 23.0 Å². The van der Waals surface area contributed by atoms with Gasteiger partial charge in [-0.3, -0.25) is 9.52 Å². The van der Waals surface area contributed by atoms with Crippen molar-refractivity contribution in [3.05, 3.63) is 71.6 Å². The van der Waals surface area contributed by atoms with E-state index in [9.17, 15) is 17.6 Å². The first kappa shape index (κ1) is 24.9. The highest BCUT2D eigenvalue weighted by Gasteiger charge is 2.25. The van der Waals surface area contributed by atoms with E-state index in [-0.39, 0.29) is 17.7 Å². The molecule has 192 valence electrons. The fourth-order valence-electron chi connectivity index (χ4n) is 4.67. The van der Waals surface area contributed by atoms with E-state index < -0.39 is 38.7 Å². The van der Waals surface area contributed by atoms with Crippen LogP contribution in [0.2, 0.25) is 0 Å². The van der Waals surface area contributed by atoms with Gasteiger partial charge in [-0.25, -0.2) is 32.2 Å². The number of rotatable bonds is 8. The number of H-pyrrole nitrogens is 1. The Morgan fingerprint density at radius 1 is 1.05 bits per heavy atom. The number of hydrogen-bond acceptors (Lipinski definition) is 6. The number of anilines is 1. The van der Waals surface area contributed by atoms with Crippen LogP contribution in [0.5, 0.6) is 0 Å². The molecule has 0 radical (unpaired) electrons. The van der Waals surface area contributed by atoms with Gasteiger partial charge >= 0.3 is 0 Å². The quantitative estimate of drug-likeness (QED) is 0.300. The maximum atomic E-state index is 15.2. The number of sulfonamides is 1. The van der Waals surface area contributed by atoms with E-state index in [1.807, 2.05) is 4.72 Å². The Hall–Kier alpha value is -3.73. The van der Waals surface area contributed by atoms with Crippen LogP contribution >= 0.6 is 0 Å². The van der Waals surface area contributed by atoms with Crippen LogP contribution in [0.4, 0.5) is 14.5 Å². The van der Waals surface area contributed by atoms with Gasteiger partial charge in [0.25, 0.3) is 0 Å². The molecule has 2 N–H and O–H groups in total. The summed E-state index contributed by atoms with van der Waals surface area (Å²) in [7, 11) is -3.97. The lowest BCUT2D eigenvalue weighted by Gasteiger charge is -2.11. The van der Waals surface area contributed by atoms with Crippen LogP contribution in [0.15, 0.2) is 43.0 Å². The second-order valence-electron chi connectivity index (χ2n) is 9.17. The molecule has 1 aromatic carbocycles. The Morgan fingerprint density at radius 2 is 1.76 bits per heavy atom. The van der Waals surface area contributed by atoms with Gasteiger partial charge in [-0.15, -0.1) is 0 Å². The fourth-order valence-corrected chi connectivity index (χ4v) is 5.81. The van der Waals surface area contributed by atoms with E-state index in [0.29, 0.717) is 22.5 Å². The Kier molecular flexibility index (Phi) is 6.72. The number of ketones is 1. The summed E-state index contributed by atoms with van der Waals surface area (Å²) in [4.78, 5) is 29.6. The molecular formula is C26H25F2N5O3S. The van der Waals surface area contributed by atoms with Crippen molar-refractivity contribution < 1.29 is 22.0 Å². The number of nitrogens with zero attached hydrogens (tertiary/aromatic N) is 3. The minimum absolute atomic E-state index is 0.112. The van der Waals surface area contributed by atoms with E-state index in [2.05, 4.69) is 19.9 Å². The molecule has 0 atom stereocenters. The van der Waals surface area contributed by atoms with E-state index in [1.54, 1.807) is 31.6 Å². The summed E-state index contributed by atoms with van der Waals surface area (Å²) in [6.45, 7) is 1.63. The first-order valence-electron chi connectivity index (χ1n) is 12.1. The lowest BCUT2D eigenvalue weighted by atomic mass is 10.0. The molecular weight excluding hydrogens is 500 g/mol. The van der Waals surface area contributed by atoms with Crippen molar-refractivity contribution in [2.45, 2.75) is 44.9 Å². The summed E-state index contributed by atoms with van der Waals surface area (Å²) in [5.41, 5.74) is 0.564. The van der Waals surface area contributed by atoms with E-state index in [0.717, 1.165) is 36.4 Å². The molecule has 3 aromatic heterocycles. The first-order chi connectivity index (χ1) is 17.8. The molecule has 11 heteroatoms. The Morgan fingerprint density at radius 3 is 2.46 bits per heavy atom. The van der Waals surface area contributed by atoms with Crippen LogP contribution < -0.4 is 4.72 Å².